The summed E-state index contributed by atoms with van der Waals surface area (Å²) in [6.45, 7) is 1.72. The van der Waals surface area contributed by atoms with Crippen LogP contribution in [0.1, 0.15) is 11.3 Å². The zero-order chi connectivity index (χ0) is 25.4. The van der Waals surface area contributed by atoms with E-state index in [-0.39, 0.29) is 37.7 Å². The van der Waals surface area contributed by atoms with E-state index in [9.17, 15) is 19.7 Å². The lowest BCUT2D eigenvalue weighted by Gasteiger charge is -2.12. The molecule has 35 heavy (non-hydrogen) atoms. The number of amides is 1. The van der Waals surface area contributed by atoms with Crippen molar-refractivity contribution >= 4 is 51.7 Å². The average Bonchev–Trinajstić information content (AvgIpc) is 3.23. The summed E-state index contributed by atoms with van der Waals surface area (Å²) in [5, 5.41) is 11.7. The molecule has 10 nitrogen and oxygen atoms in total. The third kappa shape index (κ3) is 4.10. The molecule has 0 atom stereocenters. The Morgan fingerprint density at radius 1 is 1.09 bits per heavy atom. The molecule has 1 saturated heterocycles. The van der Waals surface area contributed by atoms with Crippen molar-refractivity contribution in [1.82, 2.24) is 9.36 Å². The molecule has 2 aromatic carbocycles. The van der Waals surface area contributed by atoms with Crippen molar-refractivity contribution in [3.8, 4) is 17.2 Å². The molecule has 1 aromatic heterocycles. The van der Waals surface area contributed by atoms with Crippen molar-refractivity contribution in [3.05, 3.63) is 79.1 Å². The van der Waals surface area contributed by atoms with Gasteiger partial charge in [-0.15, -0.1) is 0 Å². The summed E-state index contributed by atoms with van der Waals surface area (Å²) in [7, 11) is 4.49. The van der Waals surface area contributed by atoms with Crippen molar-refractivity contribution in [2.75, 3.05) is 19.1 Å². The fourth-order valence-electron chi connectivity index (χ4n) is 3.77. The Kier molecular flexibility index (Phi) is 6.50. The molecule has 3 aromatic rings. The second-order valence-electron chi connectivity index (χ2n) is 7.45. The fraction of sp³-hybridized carbons (Fsp3) is 0.174. The zero-order valence-electron chi connectivity index (χ0n) is 19.2. The molecule has 1 aliphatic heterocycles. The van der Waals surface area contributed by atoms with E-state index in [1.165, 1.54) is 42.0 Å². The second kappa shape index (κ2) is 9.39. The van der Waals surface area contributed by atoms with Gasteiger partial charge in [0.2, 0.25) is 0 Å². The van der Waals surface area contributed by atoms with Gasteiger partial charge in [0.1, 0.15) is 5.69 Å². The number of aromatic nitrogens is 2. The molecular weight excluding hydrogens is 492 g/mol. The lowest BCUT2D eigenvalue weighted by molar-refractivity contribution is -0.385. The summed E-state index contributed by atoms with van der Waals surface area (Å²) in [6, 6.07) is 11.7. The lowest BCUT2D eigenvalue weighted by atomic mass is 10.1. The highest BCUT2D eigenvalue weighted by atomic mass is 32.2. The summed E-state index contributed by atoms with van der Waals surface area (Å²) in [5.74, 6) is -0.0927. The van der Waals surface area contributed by atoms with Crippen LogP contribution in [-0.4, -0.2) is 38.7 Å². The van der Waals surface area contributed by atoms with Crippen LogP contribution in [0.4, 0.5) is 11.4 Å². The van der Waals surface area contributed by atoms with Gasteiger partial charge in [0, 0.05) is 7.05 Å². The molecule has 0 unspecified atom stereocenters. The molecule has 12 heteroatoms. The molecule has 0 radical (unpaired) electrons. The molecule has 0 saturated carbocycles. The predicted molar refractivity (Wildman–Crippen MR) is 138 cm³/mol. The molecular formula is C23H20N4O6S2. The van der Waals surface area contributed by atoms with Gasteiger partial charge in [0.25, 0.3) is 17.2 Å². The SMILES string of the molecule is COc1cc(/C=C2\SC(=S)N(c3c(C)n(C)n(-c4ccccc4)c3=O)C2=O)c([N+](=O)[O-])cc1OC. The maximum Gasteiger partial charge on any atom is 0.296 e. The van der Waals surface area contributed by atoms with Crippen LogP contribution in [0.2, 0.25) is 0 Å². The highest BCUT2D eigenvalue weighted by molar-refractivity contribution is 8.27. The number of hydrogen-bond donors (Lipinski definition) is 0. The Balaban J connectivity index is 1.81. The number of hydrogen-bond acceptors (Lipinski definition) is 8. The summed E-state index contributed by atoms with van der Waals surface area (Å²) in [4.78, 5) is 39.2. The molecule has 0 bridgehead atoms. The first-order valence-corrected chi connectivity index (χ1v) is 11.4. The largest absolute Gasteiger partial charge is 0.493 e. The van der Waals surface area contributed by atoms with Crippen LogP contribution in [0, 0.1) is 17.0 Å². The number of methoxy groups -OCH3 is 2. The van der Waals surface area contributed by atoms with Gasteiger partial charge in [-0.2, -0.15) is 0 Å². The summed E-state index contributed by atoms with van der Waals surface area (Å²) in [5.41, 5.74) is 0.759. The van der Waals surface area contributed by atoms with E-state index in [2.05, 4.69) is 0 Å². The Hall–Kier alpha value is -3.90. The minimum Gasteiger partial charge on any atom is -0.493 e. The number of thioether (sulfide) groups is 1. The van der Waals surface area contributed by atoms with E-state index in [1.807, 2.05) is 18.2 Å². The number of para-hydroxylation sites is 1. The van der Waals surface area contributed by atoms with E-state index in [0.717, 1.165) is 11.8 Å². The van der Waals surface area contributed by atoms with Crippen LogP contribution in [0.15, 0.2) is 52.2 Å². The number of carbonyl (C=O) groups is 1. The lowest BCUT2D eigenvalue weighted by Crippen LogP contribution is -2.33. The number of nitro groups is 1. The zero-order valence-corrected chi connectivity index (χ0v) is 20.8. The summed E-state index contributed by atoms with van der Waals surface area (Å²) < 4.78 is 13.6. The molecule has 180 valence electrons. The second-order valence-corrected chi connectivity index (χ2v) is 9.13. The van der Waals surface area contributed by atoms with Gasteiger partial charge in [-0.25, -0.2) is 4.68 Å². The standard InChI is InChI=1S/C23H20N4O6S2/c1-13-20(22(29)26(24(13)2)15-8-6-5-7-9-15)25-21(28)19(35-23(25)34)11-14-10-17(32-3)18(33-4)12-16(14)27(30)31/h5-12H,1-4H3/b19-11-. The van der Waals surface area contributed by atoms with Crippen LogP contribution >= 0.6 is 24.0 Å². The van der Waals surface area contributed by atoms with Crippen molar-refractivity contribution in [1.29, 1.82) is 0 Å². The summed E-state index contributed by atoms with van der Waals surface area (Å²) >= 11 is 6.41. The van der Waals surface area contributed by atoms with Gasteiger partial charge >= 0.3 is 0 Å². The van der Waals surface area contributed by atoms with E-state index in [1.54, 1.807) is 30.8 Å². The summed E-state index contributed by atoms with van der Waals surface area (Å²) in [6.07, 6.45) is 1.37. The molecule has 1 aliphatic rings. The predicted octanol–water partition coefficient (Wildman–Crippen LogP) is 3.82. The van der Waals surface area contributed by atoms with E-state index in [0.29, 0.717) is 11.4 Å². The van der Waals surface area contributed by atoms with E-state index < -0.39 is 16.4 Å². The maximum atomic E-state index is 13.4. The van der Waals surface area contributed by atoms with Crippen LogP contribution in [0.3, 0.4) is 0 Å². The fourth-order valence-corrected chi connectivity index (χ4v) is 5.03. The number of benzene rings is 2. The van der Waals surface area contributed by atoms with E-state index >= 15 is 0 Å². The molecule has 0 aliphatic carbocycles. The normalized spacial score (nSPS) is 14.6. The van der Waals surface area contributed by atoms with Gasteiger partial charge in [0.05, 0.1) is 47.1 Å². The van der Waals surface area contributed by atoms with Crippen molar-refractivity contribution in [2.45, 2.75) is 6.92 Å². The number of nitro benzene ring substituents is 1. The highest BCUT2D eigenvalue weighted by Gasteiger charge is 2.38. The highest BCUT2D eigenvalue weighted by Crippen LogP contribution is 2.40. The number of rotatable bonds is 6. The Labute approximate surface area is 209 Å². The Morgan fingerprint density at radius 2 is 1.71 bits per heavy atom. The minimum atomic E-state index is -0.575. The smallest absolute Gasteiger partial charge is 0.296 e. The Morgan fingerprint density at radius 3 is 2.31 bits per heavy atom. The first-order valence-electron chi connectivity index (χ1n) is 10.2. The number of thiocarbonyl (C=S) groups is 1. The number of nitrogens with zero attached hydrogens (tertiary/aromatic N) is 4. The molecule has 4 rings (SSSR count). The van der Waals surface area contributed by atoms with Crippen LogP contribution in [0.5, 0.6) is 11.5 Å². The third-order valence-electron chi connectivity index (χ3n) is 5.56. The van der Waals surface area contributed by atoms with Crippen LogP contribution in [-0.2, 0) is 11.8 Å². The van der Waals surface area contributed by atoms with Crippen LogP contribution < -0.4 is 19.9 Å². The van der Waals surface area contributed by atoms with E-state index in [4.69, 9.17) is 21.7 Å². The monoisotopic (exact) mass is 512 g/mol. The van der Waals surface area contributed by atoms with Gasteiger partial charge in [-0.3, -0.25) is 29.3 Å². The number of carbonyl (C=O) groups excluding carboxylic acids is 1. The molecule has 1 fully saturated rings. The first-order chi connectivity index (χ1) is 16.7. The number of anilines is 1. The third-order valence-corrected chi connectivity index (χ3v) is 6.86. The molecule has 2 heterocycles. The Bertz CT molecular complexity index is 1460. The molecule has 0 N–H and O–H groups in total. The van der Waals surface area contributed by atoms with Crippen molar-refractivity contribution in [2.24, 2.45) is 7.05 Å². The topological polar surface area (TPSA) is 109 Å². The van der Waals surface area contributed by atoms with Gasteiger partial charge in [0.15, 0.2) is 15.8 Å². The van der Waals surface area contributed by atoms with Gasteiger partial charge in [-0.05, 0) is 31.2 Å². The maximum absolute atomic E-state index is 13.4. The van der Waals surface area contributed by atoms with Gasteiger partial charge < -0.3 is 9.47 Å². The number of ether oxygens (including phenoxy) is 2. The van der Waals surface area contributed by atoms with Crippen LogP contribution in [0.25, 0.3) is 11.8 Å². The van der Waals surface area contributed by atoms with Crippen molar-refractivity contribution in [3.63, 3.8) is 0 Å². The first kappa shape index (κ1) is 24.2. The molecule has 0 spiro atoms. The van der Waals surface area contributed by atoms with Gasteiger partial charge in [-0.1, -0.05) is 42.2 Å². The quantitative estimate of drug-likeness (QED) is 0.212. The van der Waals surface area contributed by atoms with Crippen molar-refractivity contribution < 1.29 is 19.2 Å². The molecule has 1 amide bonds. The average molecular weight is 513 g/mol. The minimum absolute atomic E-state index is 0.129.